The number of benzene rings is 1. The second-order valence-electron chi connectivity index (χ2n) is 12.6. The van der Waals surface area contributed by atoms with Crippen LogP contribution in [-0.4, -0.2) is 59.6 Å². The van der Waals surface area contributed by atoms with E-state index in [0.717, 1.165) is 0 Å². The van der Waals surface area contributed by atoms with Gasteiger partial charge in [-0.15, -0.1) is 0 Å². The molecule has 6 rings (SSSR count). The molecule has 1 N–H and O–H groups in total. The molecule has 2 bridgehead atoms. The number of hydrogen-bond acceptors (Lipinski definition) is 5. The molecule has 4 fully saturated rings. The number of Topliss-reactive ketones (excluding diaryl/α,β-unsaturated/α-hetero) is 1. The normalized spacial score (nSPS) is 30.4. The van der Waals surface area contributed by atoms with Crippen molar-refractivity contribution in [2.24, 2.45) is 16.3 Å². The first kappa shape index (κ1) is 30.0. The molecule has 0 aromatic heterocycles. The van der Waals surface area contributed by atoms with Gasteiger partial charge in [-0.05, 0) is 63.1 Å². The monoisotopic (exact) mass is 625 g/mol. The van der Waals surface area contributed by atoms with E-state index in [-0.39, 0.29) is 42.5 Å². The average Bonchev–Trinajstić information content (AvgIpc) is 3.09. The third kappa shape index (κ3) is 5.52. The Morgan fingerprint density at radius 3 is 2.38 bits per heavy atom. The second-order valence-corrected chi connectivity index (χ2v) is 15.5. The van der Waals surface area contributed by atoms with Crippen LogP contribution < -0.4 is 5.32 Å². The number of carbonyl (C=O) groups is 1. The van der Waals surface area contributed by atoms with Gasteiger partial charge in [0.25, 0.3) is 0 Å². The molecule has 1 aromatic carbocycles. The molecule has 6 nitrogen and oxygen atoms in total. The van der Waals surface area contributed by atoms with Gasteiger partial charge in [0, 0.05) is 43.2 Å². The summed E-state index contributed by atoms with van der Waals surface area (Å²) in [6.07, 6.45) is -1.89. The van der Waals surface area contributed by atoms with Crippen LogP contribution in [0.3, 0.4) is 0 Å². The summed E-state index contributed by atoms with van der Waals surface area (Å²) >= 11 is 12.2. The van der Waals surface area contributed by atoms with Crippen LogP contribution in [0.1, 0.15) is 70.8 Å². The van der Waals surface area contributed by atoms with Crippen molar-refractivity contribution in [1.29, 1.82) is 0 Å². The van der Waals surface area contributed by atoms with Crippen molar-refractivity contribution in [3.05, 3.63) is 33.8 Å². The Bertz CT molecular complexity index is 1310. The van der Waals surface area contributed by atoms with Crippen LogP contribution in [0.5, 0.6) is 0 Å². The van der Waals surface area contributed by atoms with Gasteiger partial charge < -0.3 is 5.32 Å². The molecule has 1 heterocycles. The van der Waals surface area contributed by atoms with Crippen molar-refractivity contribution in [3.63, 3.8) is 0 Å². The Morgan fingerprint density at radius 2 is 1.80 bits per heavy atom. The largest absolute Gasteiger partial charge is 0.366 e. The molecule has 0 unspecified atom stereocenters. The van der Waals surface area contributed by atoms with Crippen LogP contribution in [0.4, 0.5) is 17.6 Å². The lowest BCUT2D eigenvalue weighted by Crippen LogP contribution is -2.78. The number of hydrogen-bond donors (Lipinski definition) is 1. The zero-order valence-corrected chi connectivity index (χ0v) is 24.7. The third-order valence-corrected chi connectivity index (χ3v) is 11.6. The van der Waals surface area contributed by atoms with E-state index in [1.807, 2.05) is 13.8 Å². The number of ketones is 1. The standard InChI is InChI=1S/C27H33Cl2F4N3O3S/c1-24(2)22(20(37)6-4-17-10-27(32,33)11-17)34-23(35-24)25-13-26(14-25,15-25)36(40(38,39)8-7-21(30)31)12-16-3-5-18(28)19(29)9-16/h3,5,9,17,21-22H,4,6-8,10-15H2,1-2H3,(H,34,35)/t22-,25?,26?/m0/s1. The quantitative estimate of drug-likeness (QED) is 0.279. The maximum atomic E-state index is 13.3. The highest BCUT2D eigenvalue weighted by atomic mass is 35.5. The van der Waals surface area contributed by atoms with Crippen LogP contribution in [0, 0.1) is 11.3 Å². The van der Waals surface area contributed by atoms with E-state index < -0.39 is 57.1 Å². The summed E-state index contributed by atoms with van der Waals surface area (Å²) in [5, 5.41) is 3.97. The Kier molecular flexibility index (Phi) is 7.58. The number of rotatable bonds is 12. The maximum Gasteiger partial charge on any atom is 0.248 e. The number of alkyl halides is 4. The summed E-state index contributed by atoms with van der Waals surface area (Å²) in [4.78, 5) is 17.8. The summed E-state index contributed by atoms with van der Waals surface area (Å²) in [5.74, 6) is -2.87. The molecule has 0 saturated heterocycles. The molecule has 13 heteroatoms. The van der Waals surface area contributed by atoms with Gasteiger partial charge in [0.1, 0.15) is 11.9 Å². The van der Waals surface area contributed by atoms with E-state index in [1.165, 1.54) is 4.31 Å². The molecule has 5 aliphatic rings. The molecule has 0 amide bonds. The number of aliphatic imine (C=N–C) groups is 1. The molecular weight excluding hydrogens is 593 g/mol. The smallest absolute Gasteiger partial charge is 0.248 e. The summed E-state index contributed by atoms with van der Waals surface area (Å²) in [6, 6.07) is 4.15. The lowest BCUT2D eigenvalue weighted by molar-refractivity contribution is -0.151. The molecule has 1 atom stereocenters. The second kappa shape index (κ2) is 10.1. The lowest BCUT2D eigenvalue weighted by Gasteiger charge is -2.73. The average molecular weight is 627 g/mol. The van der Waals surface area contributed by atoms with Gasteiger partial charge in [-0.25, -0.2) is 26.0 Å². The highest BCUT2D eigenvalue weighted by Gasteiger charge is 2.75. The van der Waals surface area contributed by atoms with E-state index in [1.54, 1.807) is 18.2 Å². The number of sulfonamides is 1. The highest BCUT2D eigenvalue weighted by molar-refractivity contribution is 7.89. The SMILES string of the molecule is CC1(C)NC(C23CC(N(Cc4ccc(Cl)c(Cl)c4)S(=O)(=O)CCC(F)F)(C2)C3)=N[C@H]1C(=O)CCC1CC(F)(F)C1. The maximum absolute atomic E-state index is 13.3. The molecule has 40 heavy (non-hydrogen) atoms. The van der Waals surface area contributed by atoms with Gasteiger partial charge in [0.15, 0.2) is 5.78 Å². The molecular formula is C27H33Cl2F4N3O3S. The predicted octanol–water partition coefficient (Wildman–Crippen LogP) is 6.25. The fourth-order valence-corrected chi connectivity index (χ4v) is 9.02. The van der Waals surface area contributed by atoms with Gasteiger partial charge >= 0.3 is 0 Å². The number of nitrogens with one attached hydrogen (secondary N) is 1. The molecule has 0 spiro atoms. The number of carbonyl (C=O) groups excluding carboxylic acids is 1. The van der Waals surface area contributed by atoms with Crippen molar-refractivity contribution >= 4 is 44.8 Å². The van der Waals surface area contributed by atoms with E-state index in [2.05, 4.69) is 5.32 Å². The van der Waals surface area contributed by atoms with Crippen LogP contribution in [0.2, 0.25) is 10.0 Å². The van der Waals surface area contributed by atoms with Gasteiger partial charge in [0.05, 0.1) is 21.3 Å². The van der Waals surface area contributed by atoms with E-state index in [9.17, 15) is 30.8 Å². The van der Waals surface area contributed by atoms with Crippen molar-refractivity contribution in [3.8, 4) is 0 Å². The highest BCUT2D eigenvalue weighted by Crippen LogP contribution is 2.71. The molecule has 4 saturated carbocycles. The summed E-state index contributed by atoms with van der Waals surface area (Å²) in [6.45, 7) is 3.72. The van der Waals surface area contributed by atoms with Crippen LogP contribution in [-0.2, 0) is 21.4 Å². The van der Waals surface area contributed by atoms with Crippen LogP contribution in [0.25, 0.3) is 0 Å². The fraction of sp³-hybridized carbons (Fsp3) is 0.704. The predicted molar refractivity (Wildman–Crippen MR) is 146 cm³/mol. The first-order chi connectivity index (χ1) is 18.5. The third-order valence-electron chi connectivity index (χ3n) is 8.93. The molecule has 0 radical (unpaired) electrons. The van der Waals surface area contributed by atoms with Crippen LogP contribution >= 0.6 is 23.2 Å². The minimum Gasteiger partial charge on any atom is -0.366 e. The Morgan fingerprint density at radius 1 is 1.15 bits per heavy atom. The summed E-state index contributed by atoms with van der Waals surface area (Å²) in [7, 11) is -4.03. The van der Waals surface area contributed by atoms with Gasteiger partial charge in [-0.2, -0.15) is 4.31 Å². The Labute approximate surface area is 241 Å². The molecule has 4 aliphatic carbocycles. The summed E-state index contributed by atoms with van der Waals surface area (Å²) in [5.41, 5.74) is -1.22. The minimum atomic E-state index is -4.03. The lowest BCUT2D eigenvalue weighted by atomic mass is 9.38. The van der Waals surface area contributed by atoms with Gasteiger partial charge in [-0.3, -0.25) is 9.79 Å². The fourth-order valence-electron chi connectivity index (χ4n) is 6.88. The van der Waals surface area contributed by atoms with E-state index in [4.69, 9.17) is 28.2 Å². The van der Waals surface area contributed by atoms with Crippen molar-refractivity contribution in [2.75, 3.05) is 5.75 Å². The Hall–Kier alpha value is -1.43. The number of nitrogens with zero attached hydrogens (tertiary/aromatic N) is 2. The Balaban J connectivity index is 1.29. The van der Waals surface area contributed by atoms with Crippen molar-refractivity contribution in [1.82, 2.24) is 9.62 Å². The zero-order valence-electron chi connectivity index (χ0n) is 22.3. The van der Waals surface area contributed by atoms with Crippen molar-refractivity contribution < 1.29 is 30.8 Å². The van der Waals surface area contributed by atoms with E-state index in [0.29, 0.717) is 42.1 Å². The van der Waals surface area contributed by atoms with Gasteiger partial charge in [0.2, 0.25) is 22.4 Å². The minimum absolute atomic E-state index is 0.0226. The van der Waals surface area contributed by atoms with E-state index >= 15 is 0 Å². The van der Waals surface area contributed by atoms with Crippen LogP contribution in [0.15, 0.2) is 23.2 Å². The first-order valence-corrected chi connectivity index (χ1v) is 15.8. The molecule has 1 aromatic rings. The first-order valence-electron chi connectivity index (χ1n) is 13.5. The molecule has 1 aliphatic heterocycles. The summed E-state index contributed by atoms with van der Waals surface area (Å²) < 4.78 is 80.2. The topological polar surface area (TPSA) is 78.8 Å². The van der Waals surface area contributed by atoms with Gasteiger partial charge in [-0.1, -0.05) is 29.3 Å². The number of amidine groups is 1. The van der Waals surface area contributed by atoms with Crippen molar-refractivity contribution in [2.45, 2.75) is 101 Å². The molecule has 222 valence electrons. The zero-order chi connectivity index (χ0) is 29.3. The number of halogens is 6.